The lowest BCUT2D eigenvalue weighted by Gasteiger charge is -2.42. The predicted molar refractivity (Wildman–Crippen MR) is 105 cm³/mol. The van der Waals surface area contributed by atoms with Crippen LogP contribution in [-0.2, 0) is 17.8 Å². The summed E-state index contributed by atoms with van der Waals surface area (Å²) in [5.41, 5.74) is 4.95. The molecule has 2 atom stereocenters. The van der Waals surface area contributed by atoms with Gasteiger partial charge in [0.25, 0.3) is 0 Å². The molecule has 5 rings (SSSR count). The molecule has 0 saturated heterocycles. The van der Waals surface area contributed by atoms with Gasteiger partial charge in [-0.2, -0.15) is 5.10 Å². The first-order chi connectivity index (χ1) is 13.5. The van der Waals surface area contributed by atoms with Crippen molar-refractivity contribution in [2.45, 2.75) is 33.2 Å². The van der Waals surface area contributed by atoms with Crippen molar-refractivity contribution in [2.75, 3.05) is 0 Å². The fourth-order valence-corrected chi connectivity index (χ4v) is 4.01. The van der Waals surface area contributed by atoms with Crippen LogP contribution in [0.2, 0.25) is 0 Å². The maximum absolute atomic E-state index is 13.3. The lowest BCUT2D eigenvalue weighted by molar-refractivity contribution is -0.162. The Balaban J connectivity index is 1.49. The minimum absolute atomic E-state index is 0.254. The smallest absolute Gasteiger partial charge is 0.209 e. The summed E-state index contributed by atoms with van der Waals surface area (Å²) < 4.78 is 27.5. The minimum atomic E-state index is -0.360. The Hall–Kier alpha value is -2.92. The van der Waals surface area contributed by atoms with E-state index in [0.29, 0.717) is 6.61 Å². The van der Waals surface area contributed by atoms with E-state index in [4.69, 9.17) is 9.47 Å². The van der Waals surface area contributed by atoms with E-state index >= 15 is 0 Å². The van der Waals surface area contributed by atoms with Crippen LogP contribution in [0.5, 0.6) is 5.75 Å². The Kier molecular flexibility index (Phi) is 3.88. The molecule has 0 bridgehead atoms. The van der Waals surface area contributed by atoms with Crippen LogP contribution in [0, 0.1) is 11.2 Å². The van der Waals surface area contributed by atoms with E-state index in [2.05, 4.69) is 25.0 Å². The second kappa shape index (κ2) is 6.31. The number of benzene rings is 2. The van der Waals surface area contributed by atoms with E-state index in [1.165, 1.54) is 17.7 Å². The molecule has 0 amide bonds. The van der Waals surface area contributed by atoms with Gasteiger partial charge in [-0.3, -0.25) is 0 Å². The molecule has 142 valence electrons. The fraction of sp³-hybridized carbons (Fsp3) is 0.261. The van der Waals surface area contributed by atoms with Crippen molar-refractivity contribution in [1.29, 1.82) is 0 Å². The van der Waals surface area contributed by atoms with Crippen LogP contribution in [-0.4, -0.2) is 16.1 Å². The molecule has 28 heavy (non-hydrogen) atoms. The summed E-state index contributed by atoms with van der Waals surface area (Å²) in [5, 5.41) is 4.55. The average molecular weight is 376 g/mol. The van der Waals surface area contributed by atoms with Gasteiger partial charge >= 0.3 is 0 Å². The summed E-state index contributed by atoms with van der Waals surface area (Å²) in [6.45, 7) is 4.83. The molecule has 3 aromatic rings. The summed E-state index contributed by atoms with van der Waals surface area (Å²) >= 11 is 0. The third-order valence-corrected chi connectivity index (χ3v) is 5.89. The van der Waals surface area contributed by atoms with Crippen molar-refractivity contribution in [3.05, 3.63) is 82.9 Å². The van der Waals surface area contributed by atoms with Gasteiger partial charge in [0.2, 0.25) is 6.29 Å². The summed E-state index contributed by atoms with van der Waals surface area (Å²) in [7, 11) is 0. The standard InChI is InChI=1S/C23H21FN2O2/c1-15-11-20-17(13-25-26(20)19-9-7-18(24)8-10-19)12-23(15,2)22-27-14-16-5-3-4-6-21(16)28-22/h3-11,13,22H,12,14H2,1-2H3/t22?,23-/m0/s1. The number of rotatable bonds is 2. The zero-order valence-corrected chi connectivity index (χ0v) is 15.9. The molecule has 0 fully saturated rings. The Bertz CT molecular complexity index is 1070. The Labute approximate surface area is 163 Å². The molecule has 0 radical (unpaired) electrons. The summed E-state index contributed by atoms with van der Waals surface area (Å²) in [6.07, 6.45) is 4.43. The number of hydrogen-bond acceptors (Lipinski definition) is 3. The van der Waals surface area contributed by atoms with Crippen LogP contribution < -0.4 is 4.74 Å². The Morgan fingerprint density at radius 1 is 1.11 bits per heavy atom. The molecule has 1 aromatic heterocycles. The maximum Gasteiger partial charge on any atom is 0.209 e. The van der Waals surface area contributed by atoms with Gasteiger partial charge < -0.3 is 9.47 Å². The van der Waals surface area contributed by atoms with E-state index in [0.717, 1.165) is 34.7 Å². The molecule has 2 aromatic carbocycles. The zero-order chi connectivity index (χ0) is 19.3. The van der Waals surface area contributed by atoms with Crippen LogP contribution >= 0.6 is 0 Å². The monoisotopic (exact) mass is 376 g/mol. The molecule has 2 heterocycles. The highest BCUT2D eigenvalue weighted by Gasteiger charge is 2.43. The Morgan fingerprint density at radius 2 is 1.89 bits per heavy atom. The molecule has 1 unspecified atom stereocenters. The molecular weight excluding hydrogens is 355 g/mol. The molecule has 0 spiro atoms. The van der Waals surface area contributed by atoms with Gasteiger partial charge in [0.15, 0.2) is 0 Å². The highest BCUT2D eigenvalue weighted by atomic mass is 19.1. The van der Waals surface area contributed by atoms with Gasteiger partial charge in [-0.05, 0) is 62.2 Å². The quantitative estimate of drug-likeness (QED) is 0.637. The number of hydrogen-bond donors (Lipinski definition) is 0. The van der Waals surface area contributed by atoms with Crippen LogP contribution in [0.4, 0.5) is 4.39 Å². The number of para-hydroxylation sites is 1. The number of ether oxygens (including phenoxy) is 2. The number of fused-ring (bicyclic) bond motifs is 2. The maximum atomic E-state index is 13.3. The first kappa shape index (κ1) is 17.2. The van der Waals surface area contributed by atoms with E-state index < -0.39 is 0 Å². The van der Waals surface area contributed by atoms with Gasteiger partial charge in [-0.25, -0.2) is 9.07 Å². The average Bonchev–Trinajstić information content (AvgIpc) is 3.10. The van der Waals surface area contributed by atoms with Crippen molar-refractivity contribution in [3.63, 3.8) is 0 Å². The van der Waals surface area contributed by atoms with Gasteiger partial charge in [-0.15, -0.1) is 0 Å². The van der Waals surface area contributed by atoms with Crippen molar-refractivity contribution in [3.8, 4) is 11.4 Å². The predicted octanol–water partition coefficient (Wildman–Crippen LogP) is 4.91. The van der Waals surface area contributed by atoms with Crippen LogP contribution in [0.15, 0.2) is 60.3 Å². The first-order valence-electron chi connectivity index (χ1n) is 9.42. The largest absolute Gasteiger partial charge is 0.464 e. The van der Waals surface area contributed by atoms with Crippen LogP contribution in [0.1, 0.15) is 30.7 Å². The van der Waals surface area contributed by atoms with Gasteiger partial charge in [-0.1, -0.05) is 23.8 Å². The lowest BCUT2D eigenvalue weighted by atomic mass is 9.73. The molecule has 0 N–H and O–H groups in total. The molecule has 1 aliphatic carbocycles. The van der Waals surface area contributed by atoms with E-state index in [1.54, 1.807) is 12.1 Å². The van der Waals surface area contributed by atoms with Crippen LogP contribution in [0.3, 0.4) is 0 Å². The lowest BCUT2D eigenvalue weighted by Crippen LogP contribution is -2.44. The SMILES string of the molecule is CC1=Cc2c(cnn2-c2ccc(F)cc2)C[C@]1(C)C1OCc2ccccc2O1. The number of nitrogens with zero attached hydrogens (tertiary/aromatic N) is 2. The summed E-state index contributed by atoms with van der Waals surface area (Å²) in [6, 6.07) is 14.4. The normalized spacial score (nSPS) is 23.4. The zero-order valence-electron chi connectivity index (χ0n) is 15.9. The molecular formula is C23H21FN2O2. The van der Waals surface area contributed by atoms with Gasteiger partial charge in [0.05, 0.1) is 29.6 Å². The fourth-order valence-electron chi connectivity index (χ4n) is 4.01. The highest BCUT2D eigenvalue weighted by molar-refractivity contribution is 5.60. The molecule has 4 nitrogen and oxygen atoms in total. The number of halogens is 1. The Morgan fingerprint density at radius 3 is 2.71 bits per heavy atom. The third-order valence-electron chi connectivity index (χ3n) is 5.89. The van der Waals surface area contributed by atoms with Crippen molar-refractivity contribution < 1.29 is 13.9 Å². The second-order valence-corrected chi connectivity index (χ2v) is 7.73. The summed E-state index contributed by atoms with van der Waals surface area (Å²) in [5.74, 6) is 0.636. The molecule has 5 heteroatoms. The van der Waals surface area contributed by atoms with Crippen LogP contribution in [0.25, 0.3) is 11.8 Å². The molecule has 2 aliphatic rings. The van der Waals surface area contributed by atoms with Crippen molar-refractivity contribution in [1.82, 2.24) is 9.78 Å². The molecule has 1 aliphatic heterocycles. The topological polar surface area (TPSA) is 36.3 Å². The first-order valence-corrected chi connectivity index (χ1v) is 9.42. The highest BCUT2D eigenvalue weighted by Crippen LogP contribution is 2.45. The number of aromatic nitrogens is 2. The summed E-state index contributed by atoms with van der Waals surface area (Å²) in [4.78, 5) is 0. The van der Waals surface area contributed by atoms with Gasteiger partial charge in [0, 0.05) is 5.56 Å². The van der Waals surface area contributed by atoms with Crippen molar-refractivity contribution in [2.24, 2.45) is 5.41 Å². The van der Waals surface area contributed by atoms with E-state index in [-0.39, 0.29) is 17.5 Å². The second-order valence-electron chi connectivity index (χ2n) is 7.73. The van der Waals surface area contributed by atoms with E-state index in [9.17, 15) is 4.39 Å². The van der Waals surface area contributed by atoms with E-state index in [1.807, 2.05) is 35.1 Å². The molecule has 0 saturated carbocycles. The third kappa shape index (κ3) is 2.66. The van der Waals surface area contributed by atoms with Crippen molar-refractivity contribution >= 4 is 6.08 Å². The minimum Gasteiger partial charge on any atom is -0.464 e. The van der Waals surface area contributed by atoms with Gasteiger partial charge in [0.1, 0.15) is 11.6 Å².